The zero-order chi connectivity index (χ0) is 13.5. The van der Waals surface area contributed by atoms with Gasteiger partial charge in [0.2, 0.25) is 0 Å². The molecule has 1 nitrogen and oxygen atoms in total. The monoisotopic (exact) mass is 262 g/mol. The van der Waals surface area contributed by atoms with Crippen LogP contribution in [0, 0.1) is 18.2 Å². The lowest BCUT2D eigenvalue weighted by Gasteiger charge is -2.42. The Kier molecular flexibility index (Phi) is 3.17. The van der Waals surface area contributed by atoms with Crippen LogP contribution < -0.4 is 0 Å². The van der Waals surface area contributed by atoms with Crippen molar-refractivity contribution in [1.82, 2.24) is 0 Å². The van der Waals surface area contributed by atoms with Crippen molar-refractivity contribution in [1.29, 1.82) is 0 Å². The summed E-state index contributed by atoms with van der Waals surface area (Å²) in [6, 6.07) is 4.98. The van der Waals surface area contributed by atoms with E-state index in [0.29, 0.717) is 5.41 Å². The van der Waals surface area contributed by atoms with E-state index in [1.54, 1.807) is 0 Å². The van der Waals surface area contributed by atoms with Crippen LogP contribution in [0.4, 0.5) is 4.39 Å². The van der Waals surface area contributed by atoms with Gasteiger partial charge in [0, 0.05) is 0 Å². The summed E-state index contributed by atoms with van der Waals surface area (Å²) < 4.78 is 13.5. The zero-order valence-corrected chi connectivity index (χ0v) is 11.7. The maximum Gasteiger partial charge on any atom is 0.123 e. The van der Waals surface area contributed by atoms with Crippen molar-refractivity contribution in [3.8, 4) is 0 Å². The Morgan fingerprint density at radius 2 is 1.58 bits per heavy atom. The predicted octanol–water partition coefficient (Wildman–Crippen LogP) is 4.46. The molecule has 1 spiro atoms. The Bertz CT molecular complexity index is 444. The van der Waals surface area contributed by atoms with E-state index in [-0.39, 0.29) is 5.82 Å². The summed E-state index contributed by atoms with van der Waals surface area (Å²) in [5.74, 6) is -0.232. The number of benzene rings is 1. The molecular weight excluding hydrogens is 239 g/mol. The van der Waals surface area contributed by atoms with E-state index in [4.69, 9.17) is 0 Å². The van der Waals surface area contributed by atoms with Crippen molar-refractivity contribution >= 4 is 0 Å². The number of rotatable bonds is 1. The van der Waals surface area contributed by atoms with Crippen LogP contribution in [0.1, 0.15) is 62.5 Å². The molecule has 0 heterocycles. The quantitative estimate of drug-likeness (QED) is 0.792. The molecule has 0 atom stereocenters. The van der Waals surface area contributed by atoms with Gasteiger partial charge in [-0.05, 0) is 74.1 Å². The smallest absolute Gasteiger partial charge is 0.123 e. The lowest BCUT2D eigenvalue weighted by molar-refractivity contribution is -0.0378. The molecule has 2 fully saturated rings. The lowest BCUT2D eigenvalue weighted by atomic mass is 9.66. The molecule has 1 aromatic rings. The predicted molar refractivity (Wildman–Crippen MR) is 74.4 cm³/mol. The van der Waals surface area contributed by atoms with E-state index in [2.05, 4.69) is 0 Å². The SMILES string of the molecule is Cc1cc(F)cc(C2(O)CCC3(CCCC3)CC2)c1. The minimum Gasteiger partial charge on any atom is -0.385 e. The number of aliphatic hydroxyl groups is 1. The molecule has 0 bridgehead atoms. The van der Waals surface area contributed by atoms with Crippen molar-refractivity contribution in [2.45, 2.75) is 63.9 Å². The molecule has 2 saturated carbocycles. The van der Waals surface area contributed by atoms with Crippen molar-refractivity contribution in [3.05, 3.63) is 35.1 Å². The summed E-state index contributed by atoms with van der Waals surface area (Å²) in [5.41, 5.74) is 1.36. The largest absolute Gasteiger partial charge is 0.385 e. The highest BCUT2D eigenvalue weighted by Crippen LogP contribution is 2.53. The van der Waals surface area contributed by atoms with E-state index in [1.165, 1.54) is 37.8 Å². The van der Waals surface area contributed by atoms with Gasteiger partial charge in [-0.1, -0.05) is 18.9 Å². The third-order valence-electron chi connectivity index (χ3n) is 5.38. The summed E-state index contributed by atoms with van der Waals surface area (Å²) in [6.07, 6.45) is 9.11. The molecule has 2 heteroatoms. The first kappa shape index (κ1) is 13.1. The lowest BCUT2D eigenvalue weighted by Crippen LogP contribution is -2.36. The Morgan fingerprint density at radius 3 is 2.16 bits per heavy atom. The minimum absolute atomic E-state index is 0.232. The molecule has 1 aromatic carbocycles. The van der Waals surface area contributed by atoms with E-state index >= 15 is 0 Å². The average molecular weight is 262 g/mol. The Hall–Kier alpha value is -0.890. The zero-order valence-electron chi connectivity index (χ0n) is 11.7. The van der Waals surface area contributed by atoms with Crippen molar-refractivity contribution in [2.24, 2.45) is 5.41 Å². The van der Waals surface area contributed by atoms with Gasteiger partial charge in [-0.25, -0.2) is 4.39 Å². The van der Waals surface area contributed by atoms with Gasteiger partial charge < -0.3 is 5.11 Å². The van der Waals surface area contributed by atoms with Gasteiger partial charge in [0.15, 0.2) is 0 Å². The summed E-state index contributed by atoms with van der Waals surface area (Å²) in [4.78, 5) is 0. The number of aryl methyl sites for hydroxylation is 1. The van der Waals surface area contributed by atoms with E-state index in [1.807, 2.05) is 13.0 Å². The van der Waals surface area contributed by atoms with Crippen LogP contribution in [-0.2, 0) is 5.60 Å². The van der Waals surface area contributed by atoms with Crippen molar-refractivity contribution < 1.29 is 9.50 Å². The van der Waals surface area contributed by atoms with E-state index in [9.17, 15) is 9.50 Å². The molecule has 3 rings (SSSR count). The fraction of sp³-hybridized carbons (Fsp3) is 0.647. The first-order valence-electron chi connectivity index (χ1n) is 7.52. The van der Waals surface area contributed by atoms with Crippen LogP contribution >= 0.6 is 0 Å². The van der Waals surface area contributed by atoms with Gasteiger partial charge in [0.05, 0.1) is 5.60 Å². The molecule has 0 saturated heterocycles. The summed E-state index contributed by atoms with van der Waals surface area (Å²) in [5, 5.41) is 10.9. The summed E-state index contributed by atoms with van der Waals surface area (Å²) in [7, 11) is 0. The first-order valence-corrected chi connectivity index (χ1v) is 7.52. The minimum atomic E-state index is -0.805. The summed E-state index contributed by atoms with van der Waals surface area (Å²) in [6.45, 7) is 1.89. The topological polar surface area (TPSA) is 20.2 Å². The number of hydrogen-bond acceptors (Lipinski definition) is 1. The van der Waals surface area contributed by atoms with Gasteiger partial charge in [-0.2, -0.15) is 0 Å². The molecule has 0 radical (unpaired) electrons. The third kappa shape index (κ3) is 2.43. The van der Waals surface area contributed by atoms with Crippen LogP contribution in [-0.4, -0.2) is 5.11 Å². The standard InChI is InChI=1S/C17H23FO/c1-13-10-14(12-15(18)11-13)17(19)8-6-16(7-9-17)4-2-3-5-16/h10-12,19H,2-9H2,1H3. The average Bonchev–Trinajstić information content (AvgIpc) is 2.81. The number of halogens is 1. The van der Waals surface area contributed by atoms with Gasteiger partial charge in [-0.3, -0.25) is 0 Å². The van der Waals surface area contributed by atoms with Gasteiger partial charge in [-0.15, -0.1) is 0 Å². The van der Waals surface area contributed by atoms with Crippen molar-refractivity contribution in [2.75, 3.05) is 0 Å². The van der Waals surface area contributed by atoms with E-state index < -0.39 is 5.60 Å². The molecule has 19 heavy (non-hydrogen) atoms. The van der Waals surface area contributed by atoms with Crippen LogP contribution in [0.5, 0.6) is 0 Å². The third-order valence-corrected chi connectivity index (χ3v) is 5.38. The molecule has 0 unspecified atom stereocenters. The molecule has 0 aliphatic heterocycles. The highest BCUT2D eigenvalue weighted by molar-refractivity contribution is 5.29. The second-order valence-corrected chi connectivity index (χ2v) is 6.76. The fourth-order valence-corrected chi connectivity index (χ4v) is 4.11. The van der Waals surface area contributed by atoms with Crippen LogP contribution in [0.3, 0.4) is 0 Å². The van der Waals surface area contributed by atoms with Crippen LogP contribution in [0.15, 0.2) is 18.2 Å². The molecule has 2 aliphatic rings. The van der Waals surface area contributed by atoms with Gasteiger partial charge >= 0.3 is 0 Å². The summed E-state index contributed by atoms with van der Waals surface area (Å²) >= 11 is 0. The van der Waals surface area contributed by atoms with Crippen LogP contribution in [0.2, 0.25) is 0 Å². The molecule has 0 amide bonds. The van der Waals surface area contributed by atoms with Crippen LogP contribution in [0.25, 0.3) is 0 Å². The highest BCUT2D eigenvalue weighted by atomic mass is 19.1. The normalized spacial score (nSPS) is 24.8. The second kappa shape index (κ2) is 4.59. The maximum absolute atomic E-state index is 13.5. The maximum atomic E-state index is 13.5. The fourth-order valence-electron chi connectivity index (χ4n) is 4.11. The first-order chi connectivity index (χ1) is 9.01. The Labute approximate surface area is 114 Å². The second-order valence-electron chi connectivity index (χ2n) is 6.76. The number of hydrogen-bond donors (Lipinski definition) is 1. The molecule has 2 aliphatic carbocycles. The molecule has 0 aromatic heterocycles. The molecule has 1 N–H and O–H groups in total. The molecule has 104 valence electrons. The Morgan fingerprint density at radius 1 is 0.947 bits per heavy atom. The molecular formula is C17H23FO. The van der Waals surface area contributed by atoms with Gasteiger partial charge in [0.1, 0.15) is 5.82 Å². The highest BCUT2D eigenvalue weighted by Gasteiger charge is 2.43. The van der Waals surface area contributed by atoms with Gasteiger partial charge in [0.25, 0.3) is 0 Å². The van der Waals surface area contributed by atoms with Crippen molar-refractivity contribution in [3.63, 3.8) is 0 Å². The van der Waals surface area contributed by atoms with E-state index in [0.717, 1.165) is 36.8 Å². The Balaban J connectivity index is 1.81.